The lowest BCUT2D eigenvalue weighted by molar-refractivity contribution is -0.858. The molecule has 1 saturated heterocycles. The fourth-order valence-electron chi connectivity index (χ4n) is 2.24. The molecular formula is C14H20ClN2OS+. The monoisotopic (exact) mass is 299 g/mol. The zero-order valence-electron chi connectivity index (χ0n) is 11.4. The summed E-state index contributed by atoms with van der Waals surface area (Å²) in [6.07, 6.45) is 1.03. The Hall–Kier alpha value is -0.710. The van der Waals surface area contributed by atoms with Gasteiger partial charge >= 0.3 is 0 Å². The third kappa shape index (κ3) is 3.88. The fraction of sp³-hybridized carbons (Fsp3) is 0.500. The van der Waals surface area contributed by atoms with Crippen LogP contribution in [0, 0.1) is 0 Å². The van der Waals surface area contributed by atoms with Crippen molar-refractivity contribution in [3.63, 3.8) is 0 Å². The second-order valence-electron chi connectivity index (χ2n) is 5.12. The molecule has 3 nitrogen and oxygen atoms in total. The van der Waals surface area contributed by atoms with Crippen molar-refractivity contribution in [2.45, 2.75) is 11.8 Å². The number of nitrogens with zero attached hydrogens (tertiary/aromatic N) is 1. The number of benzene rings is 1. The van der Waals surface area contributed by atoms with Crippen molar-refractivity contribution < 1.29 is 9.69 Å². The van der Waals surface area contributed by atoms with Crippen LogP contribution >= 0.6 is 23.4 Å². The summed E-state index contributed by atoms with van der Waals surface area (Å²) in [5.74, 6) is 0.815. The molecule has 0 aliphatic carbocycles. The van der Waals surface area contributed by atoms with Crippen LogP contribution in [0.3, 0.4) is 0 Å². The van der Waals surface area contributed by atoms with E-state index in [1.165, 1.54) is 4.90 Å². The zero-order chi connectivity index (χ0) is 13.8. The number of halogens is 1. The first-order chi connectivity index (χ1) is 9.08. The van der Waals surface area contributed by atoms with E-state index in [0.29, 0.717) is 5.75 Å². The standard InChI is InChI=1S/C14H19ClN2OS/c1-16(2)7-4-8-17-13(18)10-19-14(17)11-5-3-6-12(15)9-11/h3,5-6,9,14H,4,7-8,10H2,1-2H3/p+1/t14-/m1/s1. The van der Waals surface area contributed by atoms with Gasteiger partial charge in [0.05, 0.1) is 26.4 Å². The molecule has 1 N–H and O–H groups in total. The van der Waals surface area contributed by atoms with E-state index in [0.717, 1.165) is 30.1 Å². The smallest absolute Gasteiger partial charge is 0.233 e. The number of carbonyl (C=O) groups is 1. The largest absolute Gasteiger partial charge is 0.340 e. The van der Waals surface area contributed by atoms with Crippen LogP contribution < -0.4 is 4.90 Å². The van der Waals surface area contributed by atoms with Gasteiger partial charge in [0.2, 0.25) is 5.91 Å². The molecule has 104 valence electrons. The maximum atomic E-state index is 12.0. The number of thioether (sulfide) groups is 1. The van der Waals surface area contributed by atoms with Gasteiger partial charge in [-0.15, -0.1) is 11.8 Å². The average molecular weight is 300 g/mol. The van der Waals surface area contributed by atoms with E-state index in [9.17, 15) is 4.79 Å². The normalized spacial score (nSPS) is 19.5. The molecule has 1 fully saturated rings. The lowest BCUT2D eigenvalue weighted by Gasteiger charge is -2.24. The Morgan fingerprint density at radius 3 is 2.95 bits per heavy atom. The van der Waals surface area contributed by atoms with Gasteiger partial charge in [0.15, 0.2) is 0 Å². The molecule has 1 amide bonds. The lowest BCUT2D eigenvalue weighted by atomic mass is 10.2. The number of hydrogen-bond donors (Lipinski definition) is 1. The van der Waals surface area contributed by atoms with Crippen LogP contribution in [0.15, 0.2) is 24.3 Å². The summed E-state index contributed by atoms with van der Waals surface area (Å²) in [5, 5.41) is 0.860. The number of amides is 1. The zero-order valence-corrected chi connectivity index (χ0v) is 12.9. The SMILES string of the molecule is C[NH+](C)CCCN1C(=O)CS[C@@H]1c1cccc(Cl)c1. The first kappa shape index (κ1) is 14.7. The molecule has 0 spiro atoms. The van der Waals surface area contributed by atoms with E-state index in [4.69, 9.17) is 11.6 Å². The maximum absolute atomic E-state index is 12.0. The Balaban J connectivity index is 2.04. The van der Waals surface area contributed by atoms with Crippen LogP contribution in [0.4, 0.5) is 0 Å². The molecule has 19 heavy (non-hydrogen) atoms. The highest BCUT2D eigenvalue weighted by molar-refractivity contribution is 8.00. The highest BCUT2D eigenvalue weighted by Crippen LogP contribution is 2.39. The molecule has 5 heteroatoms. The molecular weight excluding hydrogens is 280 g/mol. The van der Waals surface area contributed by atoms with E-state index < -0.39 is 0 Å². The molecule has 1 aromatic rings. The molecule has 2 rings (SSSR count). The third-order valence-corrected chi connectivity index (χ3v) is 4.67. The Morgan fingerprint density at radius 1 is 1.47 bits per heavy atom. The summed E-state index contributed by atoms with van der Waals surface area (Å²) in [5.41, 5.74) is 1.13. The summed E-state index contributed by atoms with van der Waals surface area (Å²) in [6.45, 7) is 1.91. The van der Waals surface area contributed by atoms with Gasteiger partial charge < -0.3 is 9.80 Å². The van der Waals surface area contributed by atoms with Crippen molar-refractivity contribution >= 4 is 29.3 Å². The molecule has 1 aromatic carbocycles. The van der Waals surface area contributed by atoms with Crippen LogP contribution in [0.5, 0.6) is 0 Å². The molecule has 0 radical (unpaired) electrons. The van der Waals surface area contributed by atoms with Crippen molar-refractivity contribution in [3.05, 3.63) is 34.9 Å². The van der Waals surface area contributed by atoms with E-state index >= 15 is 0 Å². The van der Waals surface area contributed by atoms with E-state index in [1.807, 2.05) is 29.2 Å². The minimum Gasteiger partial charge on any atom is -0.340 e. The highest BCUT2D eigenvalue weighted by atomic mass is 35.5. The van der Waals surface area contributed by atoms with Gasteiger partial charge in [-0.25, -0.2) is 0 Å². The van der Waals surface area contributed by atoms with Crippen LogP contribution in [0.25, 0.3) is 0 Å². The molecule has 0 saturated carbocycles. The predicted octanol–water partition coefficient (Wildman–Crippen LogP) is 1.45. The molecule has 0 aromatic heterocycles. The minimum absolute atomic E-state index is 0.128. The maximum Gasteiger partial charge on any atom is 0.233 e. The Bertz CT molecular complexity index is 453. The van der Waals surface area contributed by atoms with Crippen molar-refractivity contribution in [3.8, 4) is 0 Å². The van der Waals surface area contributed by atoms with Gasteiger partial charge in [0.25, 0.3) is 0 Å². The summed E-state index contributed by atoms with van der Waals surface area (Å²) < 4.78 is 0. The Morgan fingerprint density at radius 2 is 2.26 bits per heavy atom. The number of quaternary nitrogens is 1. The van der Waals surface area contributed by atoms with Gasteiger partial charge in [-0.1, -0.05) is 23.7 Å². The van der Waals surface area contributed by atoms with Crippen molar-refractivity contribution in [2.24, 2.45) is 0 Å². The van der Waals surface area contributed by atoms with Gasteiger partial charge in [0.1, 0.15) is 5.37 Å². The third-order valence-electron chi connectivity index (χ3n) is 3.18. The summed E-state index contributed by atoms with van der Waals surface area (Å²) >= 11 is 7.73. The molecule has 0 bridgehead atoms. The van der Waals surface area contributed by atoms with Crippen LogP contribution in [-0.4, -0.2) is 43.7 Å². The lowest BCUT2D eigenvalue weighted by Crippen LogP contribution is -3.05. The van der Waals surface area contributed by atoms with Crippen LogP contribution in [0.2, 0.25) is 5.02 Å². The van der Waals surface area contributed by atoms with E-state index in [-0.39, 0.29) is 11.3 Å². The first-order valence-electron chi connectivity index (χ1n) is 6.53. The summed E-state index contributed by atoms with van der Waals surface area (Å²) in [7, 11) is 4.27. The topological polar surface area (TPSA) is 24.8 Å². The Labute approximate surface area is 123 Å². The highest BCUT2D eigenvalue weighted by Gasteiger charge is 2.32. The minimum atomic E-state index is 0.128. The second kappa shape index (κ2) is 6.64. The van der Waals surface area contributed by atoms with Crippen molar-refractivity contribution in [2.75, 3.05) is 32.9 Å². The van der Waals surface area contributed by atoms with Gasteiger partial charge in [-0.05, 0) is 17.7 Å². The molecule has 1 aliphatic heterocycles. The fourth-order valence-corrected chi connectivity index (χ4v) is 3.64. The Kier molecular flexibility index (Phi) is 5.13. The van der Waals surface area contributed by atoms with E-state index in [1.54, 1.807) is 11.8 Å². The van der Waals surface area contributed by atoms with Gasteiger partial charge in [-0.2, -0.15) is 0 Å². The first-order valence-corrected chi connectivity index (χ1v) is 7.96. The molecule has 0 unspecified atom stereocenters. The molecule has 1 heterocycles. The predicted molar refractivity (Wildman–Crippen MR) is 80.7 cm³/mol. The number of rotatable bonds is 5. The number of carbonyl (C=O) groups excluding carboxylic acids is 1. The summed E-state index contributed by atoms with van der Waals surface area (Å²) in [6, 6.07) is 7.82. The van der Waals surface area contributed by atoms with Crippen molar-refractivity contribution in [1.82, 2.24) is 4.90 Å². The number of hydrogen-bond acceptors (Lipinski definition) is 2. The second-order valence-corrected chi connectivity index (χ2v) is 6.62. The van der Waals surface area contributed by atoms with Crippen LogP contribution in [-0.2, 0) is 4.79 Å². The van der Waals surface area contributed by atoms with Crippen molar-refractivity contribution in [1.29, 1.82) is 0 Å². The molecule has 1 aliphatic rings. The number of nitrogens with one attached hydrogen (secondary N) is 1. The quantitative estimate of drug-likeness (QED) is 0.890. The van der Waals surface area contributed by atoms with Gasteiger partial charge in [0, 0.05) is 18.0 Å². The van der Waals surface area contributed by atoms with Crippen LogP contribution in [0.1, 0.15) is 17.4 Å². The van der Waals surface area contributed by atoms with Gasteiger partial charge in [-0.3, -0.25) is 4.79 Å². The summed E-state index contributed by atoms with van der Waals surface area (Å²) in [4.78, 5) is 15.4. The van der Waals surface area contributed by atoms with E-state index in [2.05, 4.69) is 14.1 Å². The molecule has 1 atom stereocenters. The average Bonchev–Trinajstić information content (AvgIpc) is 2.71.